The summed E-state index contributed by atoms with van der Waals surface area (Å²) in [5.41, 5.74) is 2.76. The molecule has 0 atom stereocenters. The minimum atomic E-state index is -0.791. The molecule has 0 aliphatic carbocycles. The van der Waals surface area contributed by atoms with Gasteiger partial charge >= 0.3 is 0 Å². The van der Waals surface area contributed by atoms with Gasteiger partial charge in [0.1, 0.15) is 0 Å². The van der Waals surface area contributed by atoms with Crippen molar-refractivity contribution >= 4 is 36.3 Å². The molecule has 0 amide bonds. The van der Waals surface area contributed by atoms with Gasteiger partial charge in [0, 0.05) is 17.6 Å². The maximum absolute atomic E-state index is 2.49. The molecule has 0 heterocycles. The fourth-order valence-electron chi connectivity index (χ4n) is 2.41. The van der Waals surface area contributed by atoms with E-state index in [1.165, 1.54) is 11.1 Å². The highest BCUT2D eigenvalue weighted by Gasteiger charge is 2.15. The van der Waals surface area contributed by atoms with Crippen LogP contribution in [0.2, 0.25) is 6.55 Å². The van der Waals surface area contributed by atoms with Crippen LogP contribution in [0.4, 0.5) is 0 Å². The van der Waals surface area contributed by atoms with Crippen molar-refractivity contribution in [2.45, 2.75) is 20.4 Å². The molecule has 0 aliphatic rings. The lowest BCUT2D eigenvalue weighted by atomic mass is 10.2. The van der Waals surface area contributed by atoms with Gasteiger partial charge in [-0.3, -0.25) is 0 Å². The van der Waals surface area contributed by atoms with Crippen LogP contribution in [0.3, 0.4) is 0 Å². The van der Waals surface area contributed by atoms with Crippen LogP contribution in [0.5, 0.6) is 0 Å². The van der Waals surface area contributed by atoms with Crippen LogP contribution in [-0.2, 0) is 0 Å². The van der Waals surface area contributed by atoms with E-state index in [2.05, 4.69) is 68.9 Å². The second kappa shape index (κ2) is 6.31. The molecule has 3 heteroatoms. The summed E-state index contributed by atoms with van der Waals surface area (Å²) < 4.78 is 0. The Morgan fingerprint density at radius 3 is 1.44 bits per heavy atom. The van der Waals surface area contributed by atoms with E-state index < -0.39 is 8.31 Å². The largest absolute Gasteiger partial charge is 0.0860 e. The van der Waals surface area contributed by atoms with Crippen molar-refractivity contribution in [2.24, 2.45) is 0 Å². The van der Waals surface area contributed by atoms with Crippen LogP contribution < -0.4 is 10.4 Å². The molecule has 0 saturated carbocycles. The molecule has 0 saturated heterocycles. The Morgan fingerprint density at radius 2 is 1.11 bits per heavy atom. The van der Waals surface area contributed by atoms with Crippen molar-refractivity contribution in [3.8, 4) is 0 Å². The van der Waals surface area contributed by atoms with Crippen molar-refractivity contribution in [1.82, 2.24) is 0 Å². The molecule has 0 aliphatic heterocycles. The Hall–Kier alpha value is -0.909. The molecule has 94 valence electrons. The van der Waals surface area contributed by atoms with E-state index in [1.54, 1.807) is 10.4 Å². The molecule has 0 unspecified atom stereocenters. The Bertz CT molecular complexity index is 443. The molecular formula is C15H22Si3. The minimum absolute atomic E-state index is 0.192. The van der Waals surface area contributed by atoms with Crippen LogP contribution in [0.25, 0.3) is 0 Å². The van der Waals surface area contributed by atoms with Crippen molar-refractivity contribution in [3.05, 3.63) is 59.7 Å². The zero-order chi connectivity index (χ0) is 13.0. The zero-order valence-electron chi connectivity index (χ0n) is 11.6. The summed E-state index contributed by atoms with van der Waals surface area (Å²) in [6.07, 6.45) is 0. The Kier molecular flexibility index (Phi) is 4.74. The number of hydrogen-bond donors (Lipinski definition) is 0. The summed E-state index contributed by atoms with van der Waals surface area (Å²) in [4.78, 5) is 0. The van der Waals surface area contributed by atoms with Crippen molar-refractivity contribution in [2.75, 3.05) is 0 Å². The molecule has 18 heavy (non-hydrogen) atoms. The van der Waals surface area contributed by atoms with Crippen molar-refractivity contribution < 1.29 is 0 Å². The molecule has 0 fully saturated rings. The lowest BCUT2D eigenvalue weighted by Gasteiger charge is -2.15. The summed E-state index contributed by atoms with van der Waals surface area (Å²) in [7, 11) is -0.339. The molecule has 0 aromatic heterocycles. The monoisotopic (exact) mass is 286 g/mol. The van der Waals surface area contributed by atoms with Gasteiger partial charge in [-0.15, -0.1) is 0 Å². The van der Waals surface area contributed by atoms with Gasteiger partial charge < -0.3 is 0 Å². The summed E-state index contributed by atoms with van der Waals surface area (Å²) in [5, 5.41) is 3.34. The lowest BCUT2D eigenvalue weighted by molar-refractivity contribution is 1.48. The quantitative estimate of drug-likeness (QED) is 0.716. The second-order valence-electron chi connectivity index (χ2n) is 5.16. The molecule has 2 aromatic rings. The fourth-order valence-corrected chi connectivity index (χ4v) is 21.9. The minimum Gasteiger partial charge on any atom is -0.0773 e. The molecule has 2 aromatic carbocycles. The average Bonchev–Trinajstić information content (AvgIpc) is 2.39. The standard InChI is InChI=1S/C15H22Si3/c1-12-4-8-14(9-5-12)18(17-16-3)15-10-6-13(2)7-11-15/h4-11,18H,16-17H2,1-3H3. The van der Waals surface area contributed by atoms with Crippen molar-refractivity contribution in [3.63, 3.8) is 0 Å². The third kappa shape index (κ3) is 3.31. The summed E-state index contributed by atoms with van der Waals surface area (Å²) in [6, 6.07) is 18.7. The van der Waals surface area contributed by atoms with Gasteiger partial charge in [0.05, 0.1) is 8.31 Å². The number of aryl methyl sites for hydroxylation is 2. The molecule has 0 N–H and O–H groups in total. The fraction of sp³-hybridized carbons (Fsp3) is 0.200. The van der Waals surface area contributed by atoms with Crippen LogP contribution in [0, 0.1) is 13.8 Å². The molecule has 0 spiro atoms. The molecule has 2 rings (SSSR count). The van der Waals surface area contributed by atoms with Gasteiger partial charge in [-0.2, -0.15) is 0 Å². The van der Waals surface area contributed by atoms with E-state index in [9.17, 15) is 0 Å². The Morgan fingerprint density at radius 1 is 0.722 bits per heavy atom. The average molecular weight is 287 g/mol. The molecular weight excluding hydrogens is 264 g/mol. The van der Waals surface area contributed by atoms with Crippen LogP contribution in [0.1, 0.15) is 11.1 Å². The first-order valence-corrected chi connectivity index (χ1v) is 16.7. The number of hydrogen-bond acceptors (Lipinski definition) is 0. The van der Waals surface area contributed by atoms with Gasteiger partial charge in [0.2, 0.25) is 0 Å². The zero-order valence-corrected chi connectivity index (χ0v) is 15.6. The van der Waals surface area contributed by atoms with Gasteiger partial charge in [0.15, 0.2) is 0 Å². The highest BCUT2D eigenvalue weighted by molar-refractivity contribution is 7.43. The van der Waals surface area contributed by atoms with Crippen LogP contribution >= 0.6 is 0 Å². The van der Waals surface area contributed by atoms with Gasteiger partial charge in [-0.05, 0) is 13.8 Å². The first kappa shape index (κ1) is 13.5. The predicted octanol–water partition coefficient (Wildman–Crippen LogP) is 0.442. The van der Waals surface area contributed by atoms with Crippen LogP contribution in [-0.4, -0.2) is 25.9 Å². The normalized spacial score (nSPS) is 12.2. The Balaban J connectivity index is 2.33. The molecule has 0 bridgehead atoms. The summed E-state index contributed by atoms with van der Waals surface area (Å²) in [5.74, 6) is 0. The van der Waals surface area contributed by atoms with Crippen molar-refractivity contribution in [1.29, 1.82) is 0 Å². The highest BCUT2D eigenvalue weighted by atomic mass is 29.5. The van der Waals surface area contributed by atoms with E-state index in [-0.39, 0.29) is 17.6 Å². The van der Waals surface area contributed by atoms with Crippen LogP contribution in [0.15, 0.2) is 48.5 Å². The first-order valence-electron chi connectivity index (χ1n) is 6.84. The Labute approximate surface area is 116 Å². The smallest absolute Gasteiger partial charge is 0.0773 e. The third-order valence-corrected chi connectivity index (χ3v) is 23.8. The van der Waals surface area contributed by atoms with E-state index in [4.69, 9.17) is 0 Å². The molecule has 0 nitrogen and oxygen atoms in total. The maximum atomic E-state index is 2.49. The second-order valence-corrected chi connectivity index (χ2v) is 21.6. The summed E-state index contributed by atoms with van der Waals surface area (Å²) >= 11 is 0. The van der Waals surface area contributed by atoms with E-state index >= 15 is 0 Å². The maximum Gasteiger partial charge on any atom is 0.0860 e. The topological polar surface area (TPSA) is 0 Å². The highest BCUT2D eigenvalue weighted by Crippen LogP contribution is 1.98. The number of rotatable bonds is 4. The first-order chi connectivity index (χ1) is 8.70. The van der Waals surface area contributed by atoms with E-state index in [1.807, 2.05) is 0 Å². The molecule has 0 radical (unpaired) electrons. The summed E-state index contributed by atoms with van der Waals surface area (Å²) in [6.45, 7) is 6.85. The third-order valence-electron chi connectivity index (χ3n) is 3.54. The lowest BCUT2D eigenvalue weighted by Crippen LogP contribution is -2.49. The predicted molar refractivity (Wildman–Crippen MR) is 91.7 cm³/mol. The number of benzene rings is 2. The van der Waals surface area contributed by atoms with E-state index in [0.717, 1.165) is 0 Å². The SMILES string of the molecule is C[SiH2][SiH2][SiH](c1ccc(C)cc1)c1ccc(C)cc1. The van der Waals surface area contributed by atoms with Gasteiger partial charge in [0.25, 0.3) is 0 Å². The van der Waals surface area contributed by atoms with Gasteiger partial charge in [-0.1, -0.05) is 76.6 Å². The van der Waals surface area contributed by atoms with Gasteiger partial charge in [-0.25, -0.2) is 0 Å². The van der Waals surface area contributed by atoms with E-state index in [0.29, 0.717) is 0 Å².